The predicted molar refractivity (Wildman–Crippen MR) is 110 cm³/mol. The Morgan fingerprint density at radius 1 is 1.18 bits per heavy atom. The number of aryl methyl sites for hydroxylation is 1. The van der Waals surface area contributed by atoms with Crippen molar-refractivity contribution in [2.45, 2.75) is 19.4 Å². The molecule has 140 valence electrons. The average molecular weight is 372 g/mol. The minimum absolute atomic E-state index is 0.0278. The van der Waals surface area contributed by atoms with Gasteiger partial charge in [-0.25, -0.2) is 0 Å². The molecule has 3 heterocycles. The van der Waals surface area contributed by atoms with Gasteiger partial charge >= 0.3 is 0 Å². The van der Waals surface area contributed by atoms with Crippen LogP contribution in [0, 0.1) is 0 Å². The predicted octanol–water partition coefficient (Wildman–Crippen LogP) is 3.77. The second kappa shape index (κ2) is 6.23. The van der Waals surface area contributed by atoms with E-state index in [0.717, 1.165) is 44.7 Å². The largest absolute Gasteiger partial charge is 0.380 e. The normalized spacial score (nSPS) is 16.4. The van der Waals surface area contributed by atoms with E-state index in [4.69, 9.17) is 0 Å². The van der Waals surface area contributed by atoms with E-state index in [1.54, 1.807) is 4.68 Å². The molecule has 3 N–H and O–H groups in total. The van der Waals surface area contributed by atoms with Crippen molar-refractivity contribution in [2.24, 2.45) is 7.05 Å². The lowest BCUT2D eigenvalue weighted by Crippen LogP contribution is -2.19. The number of benzene rings is 2. The third-order valence-corrected chi connectivity index (χ3v) is 5.07. The van der Waals surface area contributed by atoms with Crippen molar-refractivity contribution in [3.63, 3.8) is 0 Å². The molecule has 1 aliphatic rings. The Morgan fingerprint density at radius 3 is 2.89 bits per heavy atom. The molecule has 1 aliphatic heterocycles. The topological polar surface area (TPSA) is 87.6 Å². The molecular formula is C21H20N6O. The number of H-pyrrole nitrogens is 1. The van der Waals surface area contributed by atoms with Crippen LogP contribution in [0.4, 0.5) is 11.4 Å². The summed E-state index contributed by atoms with van der Waals surface area (Å²) < 4.78 is 1.77. The number of hydrogen-bond acceptors (Lipinski definition) is 4. The molecule has 0 saturated carbocycles. The number of anilines is 2. The lowest BCUT2D eigenvalue weighted by atomic mass is 9.99. The van der Waals surface area contributed by atoms with Crippen molar-refractivity contribution in [3.05, 3.63) is 48.8 Å². The molecule has 28 heavy (non-hydrogen) atoms. The lowest BCUT2D eigenvalue weighted by Gasteiger charge is -2.16. The van der Waals surface area contributed by atoms with E-state index in [-0.39, 0.29) is 11.9 Å². The summed E-state index contributed by atoms with van der Waals surface area (Å²) in [5, 5.41) is 19.4. The Balaban J connectivity index is 1.66. The number of fused-ring (bicyclic) bond motifs is 2. The van der Waals surface area contributed by atoms with E-state index in [0.29, 0.717) is 6.42 Å². The maximum Gasteiger partial charge on any atom is 0.226 e. The molecule has 2 aromatic carbocycles. The molecule has 7 nitrogen and oxygen atoms in total. The van der Waals surface area contributed by atoms with Gasteiger partial charge in [0.2, 0.25) is 5.91 Å². The van der Waals surface area contributed by atoms with E-state index in [1.165, 1.54) is 0 Å². The molecule has 0 bridgehead atoms. The summed E-state index contributed by atoms with van der Waals surface area (Å²) in [5.41, 5.74) is 6.69. The molecule has 4 aromatic rings. The van der Waals surface area contributed by atoms with Crippen molar-refractivity contribution in [2.75, 3.05) is 10.6 Å². The lowest BCUT2D eigenvalue weighted by molar-refractivity contribution is -0.116. The summed E-state index contributed by atoms with van der Waals surface area (Å²) in [5.74, 6) is 0.0278. The Morgan fingerprint density at radius 2 is 2.07 bits per heavy atom. The molecule has 0 saturated heterocycles. The number of para-hydroxylation sites is 1. The number of aromatic nitrogens is 4. The second-order valence-electron chi connectivity index (χ2n) is 7.26. The number of aromatic amines is 1. The second-order valence-corrected chi connectivity index (χ2v) is 7.26. The first-order valence-electron chi connectivity index (χ1n) is 9.25. The van der Waals surface area contributed by atoms with Crippen molar-refractivity contribution in [1.82, 2.24) is 20.0 Å². The van der Waals surface area contributed by atoms with Crippen LogP contribution in [-0.2, 0) is 11.8 Å². The molecule has 0 radical (unpaired) electrons. The number of hydrogen-bond donors (Lipinski definition) is 3. The van der Waals surface area contributed by atoms with Gasteiger partial charge < -0.3 is 10.6 Å². The molecule has 0 spiro atoms. The molecule has 0 fully saturated rings. The van der Waals surface area contributed by atoms with Crippen LogP contribution < -0.4 is 10.6 Å². The summed E-state index contributed by atoms with van der Waals surface area (Å²) in [6.07, 6.45) is 4.21. The molecule has 0 aliphatic carbocycles. The van der Waals surface area contributed by atoms with Gasteiger partial charge in [-0.05, 0) is 30.7 Å². The van der Waals surface area contributed by atoms with Crippen LogP contribution in [0.5, 0.6) is 0 Å². The Kier molecular flexibility index (Phi) is 3.68. The summed E-state index contributed by atoms with van der Waals surface area (Å²) in [6, 6.07) is 12.3. The number of nitrogens with one attached hydrogen (secondary N) is 3. The summed E-state index contributed by atoms with van der Waals surface area (Å²) in [7, 11) is 1.89. The fourth-order valence-corrected chi connectivity index (χ4v) is 3.77. The Bertz CT molecular complexity index is 1200. The number of nitrogens with zero attached hydrogens (tertiary/aromatic N) is 3. The van der Waals surface area contributed by atoms with Crippen molar-refractivity contribution in [3.8, 4) is 22.4 Å². The molecular weight excluding hydrogens is 352 g/mol. The van der Waals surface area contributed by atoms with Gasteiger partial charge in [-0.1, -0.05) is 18.2 Å². The van der Waals surface area contributed by atoms with Crippen molar-refractivity contribution < 1.29 is 4.79 Å². The van der Waals surface area contributed by atoms with Gasteiger partial charge in [0.1, 0.15) is 5.69 Å². The molecule has 5 rings (SSSR count). The van der Waals surface area contributed by atoms with Gasteiger partial charge in [-0.2, -0.15) is 10.2 Å². The first kappa shape index (κ1) is 16.6. The molecule has 2 aromatic heterocycles. The van der Waals surface area contributed by atoms with Crippen LogP contribution in [-0.4, -0.2) is 31.9 Å². The number of carbonyl (C=O) groups is 1. The van der Waals surface area contributed by atoms with Crippen molar-refractivity contribution in [1.29, 1.82) is 0 Å². The maximum absolute atomic E-state index is 12.1. The van der Waals surface area contributed by atoms with E-state index >= 15 is 0 Å². The van der Waals surface area contributed by atoms with E-state index in [2.05, 4.69) is 44.1 Å². The van der Waals surface area contributed by atoms with Crippen LogP contribution in [0.25, 0.3) is 33.3 Å². The molecule has 1 atom stereocenters. The fourth-order valence-electron chi connectivity index (χ4n) is 3.77. The standard InChI is InChI=1S/C21H20N6O/c1-12-8-19(28)24-18-5-3-4-15(21(18)23-12)13-6-7-17-16(9-13)20(26-25-17)14-10-22-27(2)11-14/h3-7,9-12,23H,8H2,1-2H3,(H,24,28)(H,25,26)/t12-/m1/s1. The number of carbonyl (C=O) groups excluding carboxylic acids is 1. The zero-order chi connectivity index (χ0) is 19.3. The van der Waals surface area contributed by atoms with Crippen LogP contribution in [0.2, 0.25) is 0 Å². The monoisotopic (exact) mass is 372 g/mol. The molecule has 7 heteroatoms. The van der Waals surface area contributed by atoms with E-state index in [1.807, 2.05) is 44.6 Å². The highest BCUT2D eigenvalue weighted by Crippen LogP contribution is 2.38. The Hall–Kier alpha value is -3.61. The SMILES string of the molecule is C[C@@H]1CC(=O)Nc2cccc(-c3ccc4[nH]nc(-c5cnn(C)c5)c4c3)c2N1. The average Bonchev–Trinajstić information content (AvgIpc) is 3.24. The molecule has 0 unspecified atom stereocenters. The highest BCUT2D eigenvalue weighted by molar-refractivity contribution is 6.02. The van der Waals surface area contributed by atoms with Crippen LogP contribution >= 0.6 is 0 Å². The third kappa shape index (κ3) is 2.72. The summed E-state index contributed by atoms with van der Waals surface area (Å²) in [6.45, 7) is 2.02. The maximum atomic E-state index is 12.1. The van der Waals surface area contributed by atoms with Gasteiger partial charge in [0.25, 0.3) is 0 Å². The van der Waals surface area contributed by atoms with Gasteiger partial charge in [-0.15, -0.1) is 0 Å². The van der Waals surface area contributed by atoms with Gasteiger partial charge in [-0.3, -0.25) is 14.6 Å². The fraction of sp³-hybridized carbons (Fsp3) is 0.190. The summed E-state index contributed by atoms with van der Waals surface area (Å²) in [4.78, 5) is 12.1. The van der Waals surface area contributed by atoms with Crippen LogP contribution in [0.15, 0.2) is 48.8 Å². The van der Waals surface area contributed by atoms with Gasteiger partial charge in [0.15, 0.2) is 0 Å². The van der Waals surface area contributed by atoms with E-state index in [9.17, 15) is 4.79 Å². The van der Waals surface area contributed by atoms with Gasteiger partial charge in [0, 0.05) is 42.2 Å². The van der Waals surface area contributed by atoms with Crippen LogP contribution in [0.1, 0.15) is 13.3 Å². The minimum Gasteiger partial charge on any atom is -0.380 e. The minimum atomic E-state index is 0.0278. The number of amides is 1. The third-order valence-electron chi connectivity index (χ3n) is 5.07. The van der Waals surface area contributed by atoms with Gasteiger partial charge in [0.05, 0.1) is 23.1 Å². The highest BCUT2D eigenvalue weighted by Gasteiger charge is 2.21. The van der Waals surface area contributed by atoms with E-state index < -0.39 is 0 Å². The number of rotatable bonds is 2. The smallest absolute Gasteiger partial charge is 0.226 e. The van der Waals surface area contributed by atoms with Crippen LogP contribution in [0.3, 0.4) is 0 Å². The first-order chi connectivity index (χ1) is 13.6. The Labute approximate surface area is 161 Å². The highest BCUT2D eigenvalue weighted by atomic mass is 16.1. The quantitative estimate of drug-likeness (QED) is 0.500. The molecule has 1 amide bonds. The van der Waals surface area contributed by atoms with Crippen molar-refractivity contribution >= 4 is 28.2 Å². The zero-order valence-electron chi connectivity index (χ0n) is 15.7. The summed E-state index contributed by atoms with van der Waals surface area (Å²) >= 11 is 0. The zero-order valence-corrected chi connectivity index (χ0v) is 15.7. The first-order valence-corrected chi connectivity index (χ1v) is 9.25.